The SMILES string of the molecule is COc1ccc(C(=O)CSc2nnc(Nc3ccc(OC(F)(F)F)cc3)s2)cc1OC. The van der Waals surface area contributed by atoms with E-state index in [4.69, 9.17) is 9.47 Å². The summed E-state index contributed by atoms with van der Waals surface area (Å²) in [6.45, 7) is 0. The molecule has 0 saturated heterocycles. The quantitative estimate of drug-likeness (QED) is 0.338. The van der Waals surface area contributed by atoms with Crippen LogP contribution in [0.15, 0.2) is 46.8 Å². The molecule has 0 saturated carbocycles. The van der Waals surface area contributed by atoms with E-state index >= 15 is 0 Å². The Morgan fingerprint density at radius 2 is 1.77 bits per heavy atom. The van der Waals surface area contributed by atoms with Crippen LogP contribution in [0, 0.1) is 0 Å². The maximum atomic E-state index is 12.4. The van der Waals surface area contributed by atoms with E-state index in [1.165, 1.54) is 61.6 Å². The zero-order valence-electron chi connectivity index (χ0n) is 16.2. The van der Waals surface area contributed by atoms with Crippen LogP contribution in [0.4, 0.5) is 24.0 Å². The molecule has 0 spiro atoms. The van der Waals surface area contributed by atoms with E-state index in [0.717, 1.165) is 0 Å². The van der Waals surface area contributed by atoms with E-state index in [2.05, 4.69) is 20.3 Å². The van der Waals surface area contributed by atoms with Gasteiger partial charge in [0, 0.05) is 11.3 Å². The van der Waals surface area contributed by atoms with Crippen LogP contribution in [0.5, 0.6) is 17.2 Å². The molecule has 0 unspecified atom stereocenters. The number of aromatic nitrogens is 2. The van der Waals surface area contributed by atoms with Crippen molar-refractivity contribution in [1.29, 1.82) is 0 Å². The molecule has 0 aliphatic rings. The molecule has 0 aliphatic heterocycles. The van der Waals surface area contributed by atoms with Gasteiger partial charge >= 0.3 is 6.36 Å². The molecule has 2 aromatic carbocycles. The topological polar surface area (TPSA) is 82.6 Å². The summed E-state index contributed by atoms with van der Waals surface area (Å²) in [6.07, 6.45) is -4.74. The number of Topliss-reactive ketones (excluding diaryl/α,β-unsaturated/α-hetero) is 1. The summed E-state index contributed by atoms with van der Waals surface area (Å²) in [5, 5.41) is 11.4. The number of hydrogen-bond acceptors (Lipinski definition) is 9. The number of nitrogens with one attached hydrogen (secondary N) is 1. The highest BCUT2D eigenvalue weighted by Gasteiger charge is 2.30. The van der Waals surface area contributed by atoms with Gasteiger partial charge in [0.15, 0.2) is 21.6 Å². The van der Waals surface area contributed by atoms with Crippen molar-refractivity contribution in [3.05, 3.63) is 48.0 Å². The molecule has 7 nitrogen and oxygen atoms in total. The molecular formula is C19H16F3N3O4S2. The van der Waals surface area contributed by atoms with Crippen LogP contribution < -0.4 is 19.5 Å². The summed E-state index contributed by atoms with van der Waals surface area (Å²) in [7, 11) is 3.01. The lowest BCUT2D eigenvalue weighted by Crippen LogP contribution is -2.16. The number of alkyl halides is 3. The highest BCUT2D eigenvalue weighted by molar-refractivity contribution is 8.01. The average molecular weight is 471 g/mol. The predicted molar refractivity (Wildman–Crippen MR) is 111 cm³/mol. The molecule has 1 heterocycles. The Morgan fingerprint density at radius 3 is 2.42 bits per heavy atom. The summed E-state index contributed by atoms with van der Waals surface area (Å²) in [6, 6.07) is 10.2. The first-order valence-electron chi connectivity index (χ1n) is 8.62. The largest absolute Gasteiger partial charge is 0.573 e. The molecule has 0 fully saturated rings. The number of rotatable bonds is 9. The average Bonchev–Trinajstić information content (AvgIpc) is 3.19. The Hall–Kier alpha value is -2.99. The van der Waals surface area contributed by atoms with Crippen molar-refractivity contribution in [3.8, 4) is 17.2 Å². The molecule has 3 rings (SSSR count). The van der Waals surface area contributed by atoms with Crippen molar-refractivity contribution in [2.24, 2.45) is 0 Å². The van der Waals surface area contributed by atoms with Gasteiger partial charge in [0.1, 0.15) is 5.75 Å². The van der Waals surface area contributed by atoms with Gasteiger partial charge in [-0.15, -0.1) is 23.4 Å². The Morgan fingerprint density at radius 1 is 1.06 bits per heavy atom. The number of nitrogens with zero attached hydrogens (tertiary/aromatic N) is 2. The minimum Gasteiger partial charge on any atom is -0.493 e. The van der Waals surface area contributed by atoms with E-state index < -0.39 is 6.36 Å². The van der Waals surface area contributed by atoms with Crippen molar-refractivity contribution in [2.75, 3.05) is 25.3 Å². The minimum absolute atomic E-state index is 0.115. The fourth-order valence-corrected chi connectivity index (χ4v) is 4.07. The van der Waals surface area contributed by atoms with Crippen molar-refractivity contribution in [1.82, 2.24) is 10.2 Å². The van der Waals surface area contributed by atoms with Crippen LogP contribution in [0.3, 0.4) is 0 Å². The number of anilines is 2. The van der Waals surface area contributed by atoms with Crippen molar-refractivity contribution < 1.29 is 32.2 Å². The maximum Gasteiger partial charge on any atom is 0.573 e. The first-order valence-corrected chi connectivity index (χ1v) is 10.4. The van der Waals surface area contributed by atoms with Gasteiger partial charge in [0.2, 0.25) is 5.13 Å². The van der Waals surface area contributed by atoms with Crippen LogP contribution in [0.2, 0.25) is 0 Å². The lowest BCUT2D eigenvalue weighted by atomic mass is 10.1. The number of benzene rings is 2. The van der Waals surface area contributed by atoms with Gasteiger partial charge < -0.3 is 19.5 Å². The van der Waals surface area contributed by atoms with Gasteiger partial charge in [0.05, 0.1) is 20.0 Å². The first-order chi connectivity index (χ1) is 14.8. The number of halogens is 3. The van der Waals surface area contributed by atoms with Gasteiger partial charge in [-0.25, -0.2) is 0 Å². The first kappa shape index (κ1) is 22.7. The Bertz CT molecular complexity index is 1040. The molecule has 0 bridgehead atoms. The third kappa shape index (κ3) is 6.49. The standard InChI is InChI=1S/C19H16F3N3O4S2/c1-27-15-8-3-11(9-16(15)28-2)14(26)10-30-18-25-24-17(31-18)23-12-4-6-13(7-5-12)29-19(20,21)22/h3-9H,10H2,1-2H3,(H,23,24). The normalized spacial score (nSPS) is 11.1. The molecule has 12 heteroatoms. The van der Waals surface area contributed by atoms with Gasteiger partial charge in [-0.1, -0.05) is 23.1 Å². The van der Waals surface area contributed by atoms with Crippen LogP contribution in [0.1, 0.15) is 10.4 Å². The molecule has 0 radical (unpaired) electrons. The summed E-state index contributed by atoms with van der Waals surface area (Å²) >= 11 is 2.44. The van der Waals surface area contributed by atoms with E-state index in [0.29, 0.717) is 32.2 Å². The zero-order chi connectivity index (χ0) is 22.4. The van der Waals surface area contributed by atoms with Gasteiger partial charge in [-0.3, -0.25) is 4.79 Å². The van der Waals surface area contributed by atoms with Gasteiger partial charge in [-0.2, -0.15) is 0 Å². The number of ether oxygens (including phenoxy) is 3. The lowest BCUT2D eigenvalue weighted by molar-refractivity contribution is -0.274. The Labute approximate surface area is 183 Å². The second kappa shape index (κ2) is 9.88. The molecule has 31 heavy (non-hydrogen) atoms. The van der Waals surface area contributed by atoms with E-state index in [1.807, 2.05) is 0 Å². The molecule has 0 atom stereocenters. The monoisotopic (exact) mass is 471 g/mol. The number of carbonyl (C=O) groups is 1. The smallest absolute Gasteiger partial charge is 0.493 e. The molecule has 0 amide bonds. The fourth-order valence-electron chi connectivity index (χ4n) is 2.40. The summed E-state index contributed by atoms with van der Waals surface area (Å²) in [5.41, 5.74) is 0.998. The summed E-state index contributed by atoms with van der Waals surface area (Å²) < 4.78 is 51.4. The molecule has 1 aromatic heterocycles. The molecule has 164 valence electrons. The zero-order valence-corrected chi connectivity index (χ0v) is 17.9. The van der Waals surface area contributed by atoms with Gasteiger partial charge in [-0.05, 0) is 42.5 Å². The number of thioether (sulfide) groups is 1. The van der Waals surface area contributed by atoms with E-state index in [-0.39, 0.29) is 17.3 Å². The highest BCUT2D eigenvalue weighted by Crippen LogP contribution is 2.31. The Kier molecular flexibility index (Phi) is 7.23. The van der Waals surface area contributed by atoms with E-state index in [1.54, 1.807) is 18.2 Å². The van der Waals surface area contributed by atoms with E-state index in [9.17, 15) is 18.0 Å². The van der Waals surface area contributed by atoms with Crippen molar-refractivity contribution >= 4 is 39.7 Å². The number of methoxy groups -OCH3 is 2. The van der Waals surface area contributed by atoms with Crippen LogP contribution in [-0.4, -0.2) is 42.3 Å². The number of ketones is 1. The molecular weight excluding hydrogens is 455 g/mol. The van der Waals surface area contributed by atoms with Crippen molar-refractivity contribution in [3.63, 3.8) is 0 Å². The molecule has 1 N–H and O–H groups in total. The highest BCUT2D eigenvalue weighted by atomic mass is 32.2. The van der Waals surface area contributed by atoms with Crippen LogP contribution >= 0.6 is 23.1 Å². The van der Waals surface area contributed by atoms with Crippen molar-refractivity contribution in [2.45, 2.75) is 10.7 Å². The second-order valence-electron chi connectivity index (χ2n) is 5.85. The third-order valence-corrected chi connectivity index (χ3v) is 5.75. The fraction of sp³-hybridized carbons (Fsp3) is 0.211. The lowest BCUT2D eigenvalue weighted by Gasteiger charge is -2.09. The summed E-state index contributed by atoms with van der Waals surface area (Å²) in [4.78, 5) is 12.4. The number of carbonyl (C=O) groups excluding carboxylic acids is 1. The second-order valence-corrected chi connectivity index (χ2v) is 8.05. The van der Waals surface area contributed by atoms with Crippen LogP contribution in [0.25, 0.3) is 0 Å². The third-order valence-electron chi connectivity index (χ3n) is 3.78. The predicted octanol–water partition coefficient (Wildman–Crippen LogP) is 5.17. The van der Waals surface area contributed by atoms with Gasteiger partial charge in [0.25, 0.3) is 0 Å². The molecule has 0 aliphatic carbocycles. The minimum atomic E-state index is -4.74. The van der Waals surface area contributed by atoms with Crippen LogP contribution in [-0.2, 0) is 0 Å². The Balaban J connectivity index is 1.56. The molecule has 3 aromatic rings. The summed E-state index contributed by atoms with van der Waals surface area (Å²) in [5.74, 6) is 0.709. The number of hydrogen-bond donors (Lipinski definition) is 1. The maximum absolute atomic E-state index is 12.4.